The maximum Gasteiger partial charge on any atom is 0.214 e. The van der Waals surface area contributed by atoms with Crippen LogP contribution in [-0.4, -0.2) is 65.3 Å². The van der Waals surface area contributed by atoms with Crippen molar-refractivity contribution in [3.63, 3.8) is 0 Å². The highest BCUT2D eigenvalue weighted by Gasteiger charge is 2.35. The summed E-state index contributed by atoms with van der Waals surface area (Å²) in [5.74, 6) is 1.29. The summed E-state index contributed by atoms with van der Waals surface area (Å²) in [6.07, 6.45) is 6.92. The van der Waals surface area contributed by atoms with Gasteiger partial charge in [-0.2, -0.15) is 0 Å². The normalized spacial score (nSPS) is 22.5. The number of rotatable bonds is 5. The van der Waals surface area contributed by atoms with Gasteiger partial charge in [-0.05, 0) is 0 Å². The second-order valence-corrected chi connectivity index (χ2v) is 7.75. The quantitative estimate of drug-likeness (QED) is 0.856. The van der Waals surface area contributed by atoms with Crippen molar-refractivity contribution in [3.8, 4) is 11.6 Å². The fourth-order valence-corrected chi connectivity index (χ4v) is 3.78. The van der Waals surface area contributed by atoms with Gasteiger partial charge < -0.3 is 14.3 Å². The predicted molar refractivity (Wildman–Crippen MR) is 80.6 cm³/mol. The molecule has 1 aliphatic rings. The van der Waals surface area contributed by atoms with E-state index >= 15 is 0 Å². The molecule has 1 saturated heterocycles. The first-order valence-electron chi connectivity index (χ1n) is 6.99. The fraction of sp³-hybridized carbons (Fsp3) is 0.538. The molecule has 8 nitrogen and oxygen atoms in total. The maximum atomic E-state index is 12.1. The lowest BCUT2D eigenvalue weighted by atomic mass is 10.1. The van der Waals surface area contributed by atoms with Crippen molar-refractivity contribution >= 4 is 10.0 Å². The van der Waals surface area contributed by atoms with Crippen LogP contribution >= 0.6 is 0 Å². The van der Waals surface area contributed by atoms with Gasteiger partial charge >= 0.3 is 0 Å². The van der Waals surface area contributed by atoms with Crippen molar-refractivity contribution in [2.24, 2.45) is 5.92 Å². The number of imidazole rings is 2. The van der Waals surface area contributed by atoms with E-state index in [1.807, 2.05) is 10.8 Å². The molecule has 1 aliphatic heterocycles. The van der Waals surface area contributed by atoms with Crippen LogP contribution in [0.2, 0.25) is 0 Å². The molecule has 0 unspecified atom stereocenters. The molecule has 3 rings (SSSR count). The van der Waals surface area contributed by atoms with Gasteiger partial charge in [-0.1, -0.05) is 0 Å². The van der Waals surface area contributed by atoms with E-state index in [1.165, 1.54) is 4.31 Å². The molecule has 3 heterocycles. The second-order valence-electron chi connectivity index (χ2n) is 5.52. The number of ether oxygens (including phenoxy) is 1. The van der Waals surface area contributed by atoms with Gasteiger partial charge in [0, 0.05) is 44.8 Å². The standard InChI is InChI=1S/C13H19N5O3S/c1-17(2)22(19,20)9-10-7-21-8-11(10)18-6-5-16-13(18)12-14-3-4-15-12/h3-6,10-11H,7-9H2,1-2H3,(H,14,15)/t10-,11-/m1/s1. The Kier molecular flexibility index (Phi) is 4.02. The summed E-state index contributed by atoms with van der Waals surface area (Å²) in [7, 11) is -0.182. The van der Waals surface area contributed by atoms with Gasteiger partial charge in [0.1, 0.15) is 0 Å². The summed E-state index contributed by atoms with van der Waals surface area (Å²) in [6, 6.07) is -0.0719. The third-order valence-corrected chi connectivity index (χ3v) is 5.84. The molecule has 1 fully saturated rings. The van der Waals surface area contributed by atoms with E-state index in [4.69, 9.17) is 4.74 Å². The lowest BCUT2D eigenvalue weighted by Crippen LogP contribution is -2.32. The van der Waals surface area contributed by atoms with Crippen molar-refractivity contribution < 1.29 is 13.2 Å². The lowest BCUT2D eigenvalue weighted by molar-refractivity contribution is 0.182. The summed E-state index contributed by atoms with van der Waals surface area (Å²) in [5, 5.41) is 0. The van der Waals surface area contributed by atoms with Gasteiger partial charge in [-0.15, -0.1) is 0 Å². The number of hydrogen-bond acceptors (Lipinski definition) is 5. The Morgan fingerprint density at radius 3 is 2.86 bits per heavy atom. The number of sulfonamides is 1. The SMILES string of the molecule is CN(C)S(=O)(=O)C[C@H]1COC[C@H]1n1ccnc1-c1ncc[nH]1. The highest BCUT2D eigenvalue weighted by atomic mass is 32.2. The molecule has 2 aromatic heterocycles. The monoisotopic (exact) mass is 325 g/mol. The van der Waals surface area contributed by atoms with Gasteiger partial charge in [0.25, 0.3) is 0 Å². The van der Waals surface area contributed by atoms with Gasteiger partial charge in [-0.3, -0.25) is 0 Å². The Hall–Kier alpha value is -1.71. The number of nitrogens with zero attached hydrogens (tertiary/aromatic N) is 4. The van der Waals surface area contributed by atoms with Crippen molar-refractivity contribution in [2.45, 2.75) is 6.04 Å². The van der Waals surface area contributed by atoms with Crippen molar-refractivity contribution in [1.29, 1.82) is 0 Å². The molecule has 0 aromatic carbocycles. The minimum Gasteiger partial charge on any atom is -0.379 e. The predicted octanol–water partition coefficient (Wildman–Crippen LogP) is 0.352. The molecule has 0 aliphatic carbocycles. The van der Waals surface area contributed by atoms with Crippen molar-refractivity contribution in [3.05, 3.63) is 24.8 Å². The van der Waals surface area contributed by atoms with E-state index in [9.17, 15) is 8.42 Å². The Balaban J connectivity index is 1.87. The van der Waals surface area contributed by atoms with Gasteiger partial charge in [0.15, 0.2) is 11.6 Å². The maximum absolute atomic E-state index is 12.1. The number of H-pyrrole nitrogens is 1. The van der Waals surface area contributed by atoms with E-state index in [2.05, 4.69) is 15.0 Å². The van der Waals surface area contributed by atoms with E-state index < -0.39 is 10.0 Å². The smallest absolute Gasteiger partial charge is 0.214 e. The molecule has 0 bridgehead atoms. The molecule has 2 atom stereocenters. The molecular formula is C13H19N5O3S. The molecule has 120 valence electrons. The molecule has 22 heavy (non-hydrogen) atoms. The Morgan fingerprint density at radius 2 is 2.18 bits per heavy atom. The second kappa shape index (κ2) is 5.82. The van der Waals surface area contributed by atoms with Crippen LogP contribution in [0.5, 0.6) is 0 Å². The van der Waals surface area contributed by atoms with Gasteiger partial charge in [0.05, 0.1) is 25.0 Å². The molecule has 0 radical (unpaired) electrons. The Bertz CT molecular complexity index is 723. The van der Waals surface area contributed by atoms with Crippen molar-refractivity contribution in [2.75, 3.05) is 33.1 Å². The molecule has 0 spiro atoms. The molecule has 0 saturated carbocycles. The molecule has 0 amide bonds. The molecule has 9 heteroatoms. The third kappa shape index (κ3) is 2.79. The average Bonchev–Trinajstić information content (AvgIpc) is 3.18. The summed E-state index contributed by atoms with van der Waals surface area (Å²) in [6.45, 7) is 0.894. The topological polar surface area (TPSA) is 93.1 Å². The van der Waals surface area contributed by atoms with Gasteiger partial charge in [-0.25, -0.2) is 22.7 Å². The Labute approximate surface area is 129 Å². The van der Waals surface area contributed by atoms with Crippen LogP contribution in [0.3, 0.4) is 0 Å². The van der Waals surface area contributed by atoms with Crippen LogP contribution in [0.4, 0.5) is 0 Å². The van der Waals surface area contributed by atoms with E-state index in [0.717, 1.165) is 0 Å². The van der Waals surface area contributed by atoms with E-state index in [-0.39, 0.29) is 17.7 Å². The largest absolute Gasteiger partial charge is 0.379 e. The summed E-state index contributed by atoms with van der Waals surface area (Å²) < 4.78 is 33.0. The fourth-order valence-electron chi connectivity index (χ4n) is 2.63. The van der Waals surface area contributed by atoms with E-state index in [0.29, 0.717) is 24.9 Å². The minimum absolute atomic E-state index is 0.0560. The van der Waals surface area contributed by atoms with Crippen LogP contribution in [0.1, 0.15) is 6.04 Å². The van der Waals surface area contributed by atoms with Crippen LogP contribution in [0.15, 0.2) is 24.8 Å². The number of aromatic nitrogens is 4. The first-order valence-corrected chi connectivity index (χ1v) is 8.60. The summed E-state index contributed by atoms with van der Waals surface area (Å²) in [4.78, 5) is 11.6. The van der Waals surface area contributed by atoms with Crippen molar-refractivity contribution in [1.82, 2.24) is 23.8 Å². The molecular weight excluding hydrogens is 306 g/mol. The van der Waals surface area contributed by atoms with Crippen LogP contribution in [-0.2, 0) is 14.8 Å². The molecule has 1 N–H and O–H groups in total. The van der Waals surface area contributed by atoms with Crippen LogP contribution < -0.4 is 0 Å². The number of nitrogens with one attached hydrogen (secondary N) is 1. The zero-order valence-electron chi connectivity index (χ0n) is 12.5. The number of hydrogen-bond donors (Lipinski definition) is 1. The first kappa shape index (κ1) is 15.2. The highest BCUT2D eigenvalue weighted by molar-refractivity contribution is 7.89. The Morgan fingerprint density at radius 1 is 1.36 bits per heavy atom. The van der Waals surface area contributed by atoms with Crippen LogP contribution in [0.25, 0.3) is 11.6 Å². The zero-order valence-corrected chi connectivity index (χ0v) is 13.3. The molecule has 2 aromatic rings. The third-order valence-electron chi connectivity index (χ3n) is 3.88. The minimum atomic E-state index is -3.28. The van der Waals surface area contributed by atoms with Crippen LogP contribution in [0, 0.1) is 5.92 Å². The zero-order chi connectivity index (χ0) is 15.7. The number of aromatic amines is 1. The first-order chi connectivity index (χ1) is 10.5. The highest BCUT2D eigenvalue weighted by Crippen LogP contribution is 2.30. The summed E-state index contributed by atoms with van der Waals surface area (Å²) in [5.41, 5.74) is 0. The van der Waals surface area contributed by atoms with E-state index in [1.54, 1.807) is 32.7 Å². The lowest BCUT2D eigenvalue weighted by Gasteiger charge is -2.22. The summed E-state index contributed by atoms with van der Waals surface area (Å²) >= 11 is 0. The average molecular weight is 325 g/mol. The van der Waals surface area contributed by atoms with Gasteiger partial charge in [0.2, 0.25) is 10.0 Å².